The predicted octanol–water partition coefficient (Wildman–Crippen LogP) is 1.34. The molecular weight excluding hydrogens is 382 g/mol. The number of ether oxygens (including phenoxy) is 3. The Balaban J connectivity index is 1.67. The summed E-state index contributed by atoms with van der Waals surface area (Å²) < 4.78 is 16.5. The van der Waals surface area contributed by atoms with Crippen molar-refractivity contribution in [2.45, 2.75) is 24.9 Å². The zero-order valence-corrected chi connectivity index (χ0v) is 18.8. The molecule has 2 atom stereocenters. The van der Waals surface area contributed by atoms with E-state index in [1.165, 1.54) is 24.9 Å². The van der Waals surface area contributed by atoms with Crippen molar-refractivity contribution in [2.75, 3.05) is 74.3 Å². The number of guanidine groups is 1. The summed E-state index contributed by atoms with van der Waals surface area (Å²) in [6.45, 7) is 6.15. The lowest BCUT2D eigenvalue weighted by atomic mass is 10.0. The van der Waals surface area contributed by atoms with Crippen molar-refractivity contribution >= 4 is 5.96 Å². The summed E-state index contributed by atoms with van der Waals surface area (Å²) >= 11 is 0. The second-order valence-corrected chi connectivity index (χ2v) is 7.89. The number of aliphatic imine (C=N–C) groups is 1. The van der Waals surface area contributed by atoms with Crippen molar-refractivity contribution in [2.24, 2.45) is 4.99 Å². The molecule has 2 unspecified atom stereocenters. The number of hydrogen-bond acceptors (Lipinski definition) is 6. The van der Waals surface area contributed by atoms with Gasteiger partial charge in [0.05, 0.1) is 33.5 Å². The van der Waals surface area contributed by atoms with Gasteiger partial charge in [-0.1, -0.05) is 6.07 Å². The lowest BCUT2D eigenvalue weighted by Gasteiger charge is -2.35. The largest absolute Gasteiger partial charge is 0.493 e. The van der Waals surface area contributed by atoms with Gasteiger partial charge in [0.15, 0.2) is 17.5 Å². The van der Waals surface area contributed by atoms with Gasteiger partial charge in [-0.25, -0.2) is 0 Å². The van der Waals surface area contributed by atoms with Gasteiger partial charge in [0.1, 0.15) is 0 Å². The third-order valence-electron chi connectivity index (χ3n) is 6.14. The lowest BCUT2D eigenvalue weighted by molar-refractivity contribution is 0.0169. The summed E-state index contributed by atoms with van der Waals surface area (Å²) in [7, 11) is 7.36. The number of rotatable bonds is 8. The summed E-state index contributed by atoms with van der Waals surface area (Å²) in [5.74, 6) is 2.34. The van der Waals surface area contributed by atoms with Crippen LogP contribution >= 0.6 is 0 Å². The molecule has 0 aliphatic carbocycles. The highest BCUT2D eigenvalue weighted by molar-refractivity contribution is 5.79. The van der Waals surface area contributed by atoms with Gasteiger partial charge in [0.2, 0.25) is 0 Å². The normalized spacial score (nSPS) is 22.0. The van der Waals surface area contributed by atoms with E-state index >= 15 is 0 Å². The molecule has 168 valence electrons. The van der Waals surface area contributed by atoms with E-state index in [0.29, 0.717) is 6.04 Å². The molecule has 2 aliphatic rings. The van der Waals surface area contributed by atoms with Gasteiger partial charge in [-0.15, -0.1) is 0 Å². The first-order valence-corrected chi connectivity index (χ1v) is 10.8. The zero-order chi connectivity index (χ0) is 21.3. The van der Waals surface area contributed by atoms with Crippen molar-refractivity contribution < 1.29 is 14.2 Å². The molecule has 0 radical (unpaired) electrons. The molecule has 30 heavy (non-hydrogen) atoms. The van der Waals surface area contributed by atoms with E-state index in [9.17, 15) is 0 Å². The van der Waals surface area contributed by atoms with Crippen molar-refractivity contribution in [1.29, 1.82) is 0 Å². The van der Waals surface area contributed by atoms with Crippen molar-refractivity contribution in [3.05, 3.63) is 23.8 Å². The SMILES string of the molecule is CN=C(NCC1CCCN1C)NCC(c1ccc(OC)c(OC)c1)N1CCOCC1. The molecule has 0 amide bonds. The standard InChI is InChI=1S/C22H37N5O3/c1-23-22(24-15-18-6-5-9-26(18)2)25-16-19(27-10-12-30-13-11-27)17-7-8-20(28-3)21(14-17)29-4/h7-8,14,18-19H,5-6,9-13,15-16H2,1-4H3,(H2,23,24,25). The summed E-state index contributed by atoms with van der Waals surface area (Å²) in [5.41, 5.74) is 1.19. The molecule has 0 saturated carbocycles. The minimum absolute atomic E-state index is 0.182. The van der Waals surface area contributed by atoms with Crippen LogP contribution in [0.5, 0.6) is 11.5 Å². The van der Waals surface area contributed by atoms with Crippen molar-refractivity contribution in [3.63, 3.8) is 0 Å². The van der Waals surface area contributed by atoms with Crippen LogP contribution in [0.25, 0.3) is 0 Å². The van der Waals surface area contributed by atoms with Crippen LogP contribution in [0.2, 0.25) is 0 Å². The van der Waals surface area contributed by atoms with Gasteiger partial charge in [0, 0.05) is 39.3 Å². The summed E-state index contributed by atoms with van der Waals surface area (Å²) in [5, 5.41) is 7.04. The van der Waals surface area contributed by atoms with Gasteiger partial charge in [0.25, 0.3) is 0 Å². The Kier molecular flexibility index (Phi) is 8.60. The minimum atomic E-state index is 0.182. The van der Waals surface area contributed by atoms with Crippen LogP contribution in [0.4, 0.5) is 0 Å². The zero-order valence-electron chi connectivity index (χ0n) is 18.8. The number of methoxy groups -OCH3 is 2. The number of nitrogens with zero attached hydrogens (tertiary/aromatic N) is 3. The van der Waals surface area contributed by atoms with E-state index in [2.05, 4.69) is 44.6 Å². The molecule has 0 bridgehead atoms. The van der Waals surface area contributed by atoms with E-state index in [1.54, 1.807) is 14.2 Å². The molecule has 0 spiro atoms. The van der Waals surface area contributed by atoms with Crippen LogP contribution in [0, 0.1) is 0 Å². The van der Waals surface area contributed by atoms with Gasteiger partial charge < -0.3 is 29.7 Å². The van der Waals surface area contributed by atoms with Gasteiger partial charge in [-0.2, -0.15) is 0 Å². The number of hydrogen-bond donors (Lipinski definition) is 2. The quantitative estimate of drug-likeness (QED) is 0.487. The van der Waals surface area contributed by atoms with Gasteiger partial charge >= 0.3 is 0 Å². The first-order chi connectivity index (χ1) is 14.7. The lowest BCUT2D eigenvalue weighted by Crippen LogP contribution is -2.48. The summed E-state index contributed by atoms with van der Waals surface area (Å²) in [6.07, 6.45) is 2.51. The number of benzene rings is 1. The van der Waals surface area contributed by atoms with Crippen LogP contribution in [0.1, 0.15) is 24.4 Å². The first-order valence-electron chi connectivity index (χ1n) is 10.8. The Hall–Kier alpha value is -2.03. The number of morpholine rings is 1. The number of nitrogens with one attached hydrogen (secondary N) is 2. The Morgan fingerprint density at radius 1 is 1.17 bits per heavy atom. The molecule has 8 heteroatoms. The fraction of sp³-hybridized carbons (Fsp3) is 0.682. The van der Waals surface area contributed by atoms with E-state index in [0.717, 1.165) is 56.9 Å². The second-order valence-electron chi connectivity index (χ2n) is 7.89. The smallest absolute Gasteiger partial charge is 0.191 e. The molecular formula is C22H37N5O3. The Bertz CT molecular complexity index is 693. The van der Waals surface area contributed by atoms with Crippen LogP contribution in [0.15, 0.2) is 23.2 Å². The van der Waals surface area contributed by atoms with E-state index in [-0.39, 0.29) is 6.04 Å². The monoisotopic (exact) mass is 419 g/mol. The van der Waals surface area contributed by atoms with Crippen LogP contribution < -0.4 is 20.1 Å². The highest BCUT2D eigenvalue weighted by Crippen LogP contribution is 2.32. The fourth-order valence-electron chi connectivity index (χ4n) is 4.27. The molecule has 2 fully saturated rings. The average molecular weight is 420 g/mol. The molecule has 0 aromatic heterocycles. The maximum Gasteiger partial charge on any atom is 0.191 e. The summed E-state index contributed by atoms with van der Waals surface area (Å²) in [6, 6.07) is 6.92. The Morgan fingerprint density at radius 2 is 1.93 bits per heavy atom. The summed E-state index contributed by atoms with van der Waals surface area (Å²) in [4.78, 5) is 9.31. The fourth-order valence-corrected chi connectivity index (χ4v) is 4.27. The molecule has 2 heterocycles. The number of likely N-dealkylation sites (N-methyl/N-ethyl adjacent to an activating group) is 1. The first kappa shape index (κ1) is 22.7. The Labute approximate surface area is 180 Å². The third-order valence-corrected chi connectivity index (χ3v) is 6.14. The van der Waals surface area contributed by atoms with Crippen molar-refractivity contribution in [3.8, 4) is 11.5 Å². The van der Waals surface area contributed by atoms with Crippen molar-refractivity contribution in [1.82, 2.24) is 20.4 Å². The second kappa shape index (κ2) is 11.4. The van der Waals surface area contributed by atoms with Crippen LogP contribution in [-0.2, 0) is 4.74 Å². The number of likely N-dealkylation sites (tertiary alicyclic amines) is 1. The molecule has 3 rings (SSSR count). The van der Waals surface area contributed by atoms with Gasteiger partial charge in [-0.05, 0) is 44.1 Å². The third kappa shape index (κ3) is 5.77. The maximum atomic E-state index is 5.57. The molecule has 1 aromatic carbocycles. The molecule has 2 saturated heterocycles. The Morgan fingerprint density at radius 3 is 2.57 bits per heavy atom. The topological polar surface area (TPSA) is 70.6 Å². The highest BCUT2D eigenvalue weighted by Gasteiger charge is 2.25. The average Bonchev–Trinajstić information content (AvgIpc) is 3.21. The molecule has 2 N–H and O–H groups in total. The van der Waals surface area contributed by atoms with Crippen LogP contribution in [0.3, 0.4) is 0 Å². The molecule has 1 aromatic rings. The van der Waals surface area contributed by atoms with Crippen LogP contribution in [-0.4, -0.2) is 96.1 Å². The molecule has 8 nitrogen and oxygen atoms in total. The van der Waals surface area contributed by atoms with E-state index in [4.69, 9.17) is 14.2 Å². The maximum absolute atomic E-state index is 5.57. The molecule has 2 aliphatic heterocycles. The van der Waals surface area contributed by atoms with Gasteiger partial charge in [-0.3, -0.25) is 9.89 Å². The highest BCUT2D eigenvalue weighted by atomic mass is 16.5. The predicted molar refractivity (Wildman–Crippen MR) is 120 cm³/mol. The minimum Gasteiger partial charge on any atom is -0.493 e. The van der Waals surface area contributed by atoms with E-state index < -0.39 is 0 Å². The van der Waals surface area contributed by atoms with E-state index in [1.807, 2.05) is 13.1 Å².